The van der Waals surface area contributed by atoms with Gasteiger partial charge in [0, 0.05) is 52.1 Å². The molecule has 0 aliphatic carbocycles. The van der Waals surface area contributed by atoms with Gasteiger partial charge in [0.05, 0.1) is 9.81 Å². The third-order valence-electron chi connectivity index (χ3n) is 8.12. The van der Waals surface area contributed by atoms with Crippen molar-refractivity contribution in [2.45, 2.75) is 96.3 Å². The number of rotatable bonds is 13. The highest BCUT2D eigenvalue weighted by atomic mass is 32.2. The molecule has 4 fully saturated rings. The van der Waals surface area contributed by atoms with Gasteiger partial charge in [0.2, 0.25) is 11.8 Å². The van der Waals surface area contributed by atoms with E-state index < -0.39 is 0 Å². The molecule has 0 radical (unpaired) electrons. The third kappa shape index (κ3) is 9.00. The molecule has 0 bridgehead atoms. The number of carbonyl (C=O) groups excluding carboxylic acids is 4. The van der Waals surface area contributed by atoms with Gasteiger partial charge in [-0.1, -0.05) is 67.2 Å². The molecule has 4 rings (SSSR count). The Kier molecular flexibility index (Phi) is 12.9. The van der Waals surface area contributed by atoms with E-state index in [1.807, 2.05) is 9.80 Å². The molecular weight excluding hydrogens is 597 g/mol. The smallest absolute Gasteiger partial charge is 0.267 e. The van der Waals surface area contributed by atoms with Gasteiger partial charge in [0.25, 0.3) is 11.8 Å². The van der Waals surface area contributed by atoms with Crippen LogP contribution < -0.4 is 0 Å². The minimum Gasteiger partial charge on any atom is -0.343 e. The lowest BCUT2D eigenvalue weighted by Gasteiger charge is -2.26. The summed E-state index contributed by atoms with van der Waals surface area (Å²) < 4.78 is 0.952. The van der Waals surface area contributed by atoms with Gasteiger partial charge in [-0.3, -0.25) is 29.0 Å². The fourth-order valence-electron chi connectivity index (χ4n) is 5.68. The number of piperidine rings is 2. The van der Waals surface area contributed by atoms with E-state index in [9.17, 15) is 19.2 Å². The molecule has 4 heterocycles. The first-order valence-electron chi connectivity index (χ1n) is 15.2. The summed E-state index contributed by atoms with van der Waals surface area (Å²) in [5, 5.41) is 0. The summed E-state index contributed by atoms with van der Waals surface area (Å²) in [6.45, 7) is 4.56. The van der Waals surface area contributed by atoms with Crippen LogP contribution in [0, 0.1) is 0 Å². The SMILES string of the molecule is O=C(CCCCCCN1C(=O)/C(=C2\SC(=S)N(CCCCCC(=O)N3CCCCC3)C2=O)SC1=S)N1CCCCC1. The number of likely N-dealkylation sites (tertiary alicyclic amines) is 2. The molecule has 4 aliphatic rings. The van der Waals surface area contributed by atoms with Crippen molar-refractivity contribution in [1.29, 1.82) is 0 Å². The summed E-state index contributed by atoms with van der Waals surface area (Å²) in [6.07, 6.45) is 14.0. The highest BCUT2D eigenvalue weighted by Crippen LogP contribution is 2.42. The molecule has 0 aromatic carbocycles. The molecule has 0 aromatic rings. The maximum absolute atomic E-state index is 13.2. The van der Waals surface area contributed by atoms with Crippen LogP contribution in [0.25, 0.3) is 0 Å². The van der Waals surface area contributed by atoms with Crippen LogP contribution in [-0.4, -0.2) is 91.1 Å². The van der Waals surface area contributed by atoms with Crippen molar-refractivity contribution in [2.24, 2.45) is 0 Å². The first-order chi connectivity index (χ1) is 19.9. The molecule has 226 valence electrons. The fourth-order valence-corrected chi connectivity index (χ4v) is 8.45. The van der Waals surface area contributed by atoms with Gasteiger partial charge in [-0.25, -0.2) is 0 Å². The summed E-state index contributed by atoms with van der Waals surface area (Å²) in [4.78, 5) is 59.0. The van der Waals surface area contributed by atoms with Crippen molar-refractivity contribution in [3.63, 3.8) is 0 Å². The number of nitrogens with zero attached hydrogens (tertiary/aromatic N) is 4. The largest absolute Gasteiger partial charge is 0.343 e. The van der Waals surface area contributed by atoms with Crippen molar-refractivity contribution in [2.75, 3.05) is 39.3 Å². The first kappa shape index (κ1) is 32.4. The van der Waals surface area contributed by atoms with Crippen LogP contribution in [0.15, 0.2) is 9.81 Å². The van der Waals surface area contributed by atoms with Gasteiger partial charge in [0.1, 0.15) is 8.64 Å². The van der Waals surface area contributed by atoms with Crippen LogP contribution in [0.3, 0.4) is 0 Å². The predicted octanol–water partition coefficient (Wildman–Crippen LogP) is 5.45. The van der Waals surface area contributed by atoms with Crippen LogP contribution >= 0.6 is 48.0 Å². The van der Waals surface area contributed by atoms with Crippen molar-refractivity contribution < 1.29 is 19.2 Å². The normalized spacial score (nSPS) is 22.0. The van der Waals surface area contributed by atoms with Crippen LogP contribution in [0.4, 0.5) is 0 Å². The number of amides is 4. The monoisotopic (exact) mass is 638 g/mol. The van der Waals surface area contributed by atoms with Crippen molar-refractivity contribution in [3.05, 3.63) is 9.81 Å². The van der Waals surface area contributed by atoms with Crippen LogP contribution in [-0.2, 0) is 19.2 Å². The molecule has 4 aliphatic heterocycles. The Morgan fingerprint density at radius 1 is 0.561 bits per heavy atom. The number of carbonyl (C=O) groups is 4. The van der Waals surface area contributed by atoms with Gasteiger partial charge < -0.3 is 9.80 Å². The second kappa shape index (κ2) is 16.4. The summed E-state index contributed by atoms with van der Waals surface area (Å²) in [5.41, 5.74) is 0. The van der Waals surface area contributed by atoms with Crippen LogP contribution in [0.1, 0.15) is 96.3 Å². The highest BCUT2D eigenvalue weighted by Gasteiger charge is 2.41. The highest BCUT2D eigenvalue weighted by molar-refractivity contribution is 8.29. The molecule has 41 heavy (non-hydrogen) atoms. The number of unbranched alkanes of at least 4 members (excludes halogenated alkanes) is 5. The molecule has 0 unspecified atom stereocenters. The van der Waals surface area contributed by atoms with Crippen molar-refractivity contribution >= 4 is 80.2 Å². The van der Waals surface area contributed by atoms with E-state index in [2.05, 4.69) is 0 Å². The molecule has 4 amide bonds. The lowest BCUT2D eigenvalue weighted by atomic mass is 10.1. The van der Waals surface area contributed by atoms with E-state index in [-0.39, 0.29) is 23.6 Å². The summed E-state index contributed by atoms with van der Waals surface area (Å²) in [7, 11) is 0. The minimum atomic E-state index is -0.219. The molecule has 0 saturated carbocycles. The second-order valence-corrected chi connectivity index (χ2v) is 14.5. The summed E-state index contributed by atoms with van der Waals surface area (Å²) >= 11 is 13.3. The molecule has 0 N–H and O–H groups in total. The molecule has 0 spiro atoms. The predicted molar refractivity (Wildman–Crippen MR) is 173 cm³/mol. The number of thiocarbonyl (C=S) groups is 2. The maximum Gasteiger partial charge on any atom is 0.267 e. The zero-order chi connectivity index (χ0) is 29.2. The van der Waals surface area contributed by atoms with Gasteiger partial charge in [-0.2, -0.15) is 0 Å². The Morgan fingerprint density at radius 2 is 0.927 bits per heavy atom. The van der Waals surface area contributed by atoms with Gasteiger partial charge in [-0.05, 0) is 64.2 Å². The Hall–Kier alpha value is -1.50. The molecule has 4 saturated heterocycles. The Balaban J connectivity index is 1.15. The zero-order valence-corrected chi connectivity index (χ0v) is 27.2. The zero-order valence-electron chi connectivity index (χ0n) is 23.9. The summed E-state index contributed by atoms with van der Waals surface area (Å²) in [5.74, 6) is 0.0717. The second-order valence-electron chi connectivity index (χ2n) is 11.2. The fraction of sp³-hybridized carbons (Fsp3) is 0.724. The van der Waals surface area contributed by atoms with E-state index in [0.717, 1.165) is 96.8 Å². The number of thioether (sulfide) groups is 2. The molecule has 8 nitrogen and oxygen atoms in total. The molecule has 12 heteroatoms. The van der Waals surface area contributed by atoms with E-state index in [1.165, 1.54) is 36.4 Å². The Labute approximate surface area is 263 Å². The molecule has 0 atom stereocenters. The topological polar surface area (TPSA) is 81.2 Å². The number of hydrogen-bond acceptors (Lipinski definition) is 8. The lowest BCUT2D eigenvalue weighted by molar-refractivity contribution is -0.133. The van der Waals surface area contributed by atoms with Crippen molar-refractivity contribution in [1.82, 2.24) is 19.6 Å². The van der Waals surface area contributed by atoms with E-state index >= 15 is 0 Å². The molecular formula is C29H42N4O4S4. The van der Waals surface area contributed by atoms with Gasteiger partial charge in [0.15, 0.2) is 0 Å². The Bertz CT molecular complexity index is 1050. The van der Waals surface area contributed by atoms with Crippen LogP contribution in [0.5, 0.6) is 0 Å². The average molecular weight is 639 g/mol. The van der Waals surface area contributed by atoms with Crippen molar-refractivity contribution in [3.8, 4) is 0 Å². The van der Waals surface area contributed by atoms with Gasteiger partial charge >= 0.3 is 0 Å². The van der Waals surface area contributed by atoms with E-state index in [1.54, 1.807) is 9.80 Å². The molecule has 0 aromatic heterocycles. The van der Waals surface area contributed by atoms with E-state index in [4.69, 9.17) is 24.4 Å². The van der Waals surface area contributed by atoms with E-state index in [0.29, 0.717) is 44.4 Å². The lowest BCUT2D eigenvalue weighted by Crippen LogP contribution is -2.35. The maximum atomic E-state index is 13.2. The standard InChI is InChI=1S/C29H42N4O4S4/c34-22(30-16-8-4-9-17-30)14-6-1-2-12-20-32-26(36)24(40-28(32)38)25-27(37)33(29(39)41-25)21-13-3-7-15-23(35)31-18-10-5-11-19-31/h1-21H2/b25-24+. The van der Waals surface area contributed by atoms with Gasteiger partial charge in [-0.15, -0.1) is 0 Å². The third-order valence-corrected chi connectivity index (χ3v) is 11.1. The summed E-state index contributed by atoms with van der Waals surface area (Å²) in [6, 6.07) is 0. The van der Waals surface area contributed by atoms with Crippen LogP contribution in [0.2, 0.25) is 0 Å². The minimum absolute atomic E-state index is 0.211. The number of hydrogen-bond donors (Lipinski definition) is 0. The quantitative estimate of drug-likeness (QED) is 0.150. The average Bonchev–Trinajstić information content (AvgIpc) is 3.43. The Morgan fingerprint density at radius 3 is 1.34 bits per heavy atom. The first-order valence-corrected chi connectivity index (χ1v) is 17.7.